The third-order valence-corrected chi connectivity index (χ3v) is 1.66. The molecule has 0 amide bonds. The van der Waals surface area contributed by atoms with Gasteiger partial charge in [-0.2, -0.15) is 0 Å². The second kappa shape index (κ2) is 3.81. The van der Waals surface area contributed by atoms with Crippen LogP contribution in [0.15, 0.2) is 6.07 Å². The van der Waals surface area contributed by atoms with Gasteiger partial charge in [0.25, 0.3) is 0 Å². The lowest BCUT2D eigenvalue weighted by atomic mass is 10.1. The molecule has 0 saturated heterocycles. The fourth-order valence-electron chi connectivity index (χ4n) is 0.989. The second-order valence-electron chi connectivity index (χ2n) is 2.66. The van der Waals surface area contributed by atoms with Gasteiger partial charge in [0.05, 0.1) is 10.5 Å². The Morgan fingerprint density at radius 3 is 2.31 bits per heavy atom. The summed E-state index contributed by atoms with van der Waals surface area (Å²) in [5.74, 6) is -3.90. The van der Waals surface area contributed by atoms with Gasteiger partial charge in [0, 0.05) is 6.07 Å². The molecule has 84 valence electrons. The molecule has 1 heterocycles. The van der Waals surface area contributed by atoms with Crippen molar-refractivity contribution in [2.75, 3.05) is 5.73 Å². The first-order valence-electron chi connectivity index (χ1n) is 3.76. The van der Waals surface area contributed by atoms with Crippen molar-refractivity contribution < 1.29 is 24.7 Å². The third-order valence-electron chi connectivity index (χ3n) is 1.66. The summed E-state index contributed by atoms with van der Waals surface area (Å²) in [6.07, 6.45) is 0. The molecule has 0 saturated carbocycles. The molecule has 0 aliphatic carbocycles. The Morgan fingerprint density at radius 1 is 1.38 bits per heavy atom. The number of carboxylic acid groups (broad SMARTS) is 2. The summed E-state index contributed by atoms with van der Waals surface area (Å²) in [6, 6.07) is 0.564. The first kappa shape index (κ1) is 11.4. The van der Waals surface area contributed by atoms with Crippen molar-refractivity contribution in [1.82, 2.24) is 4.98 Å². The van der Waals surface area contributed by atoms with E-state index in [-0.39, 0.29) is 0 Å². The minimum Gasteiger partial charge on any atom is -0.478 e. The molecular weight excluding hydrogens is 222 g/mol. The molecule has 0 spiro atoms. The Morgan fingerprint density at radius 2 is 1.94 bits per heavy atom. The van der Waals surface area contributed by atoms with Gasteiger partial charge >= 0.3 is 17.6 Å². The lowest BCUT2D eigenvalue weighted by Gasteiger charge is -2.02. The van der Waals surface area contributed by atoms with Crippen molar-refractivity contribution in [1.29, 1.82) is 0 Å². The van der Waals surface area contributed by atoms with E-state index in [1.807, 2.05) is 0 Å². The normalized spacial score (nSPS) is 9.75. The number of carbonyl (C=O) groups is 2. The second-order valence-corrected chi connectivity index (χ2v) is 2.66. The summed E-state index contributed by atoms with van der Waals surface area (Å²) in [6.45, 7) is 0. The molecule has 9 nitrogen and oxygen atoms in total. The van der Waals surface area contributed by atoms with Crippen molar-refractivity contribution >= 4 is 23.4 Å². The minimum absolute atomic E-state index is 0.564. The number of carboxylic acids is 2. The smallest absolute Gasteiger partial charge is 0.355 e. The predicted molar refractivity (Wildman–Crippen MR) is 49.2 cm³/mol. The molecule has 0 aromatic carbocycles. The highest BCUT2D eigenvalue weighted by Gasteiger charge is 2.25. The van der Waals surface area contributed by atoms with Crippen LogP contribution >= 0.6 is 0 Å². The lowest BCUT2D eigenvalue weighted by molar-refractivity contribution is -0.384. The molecule has 1 aromatic rings. The van der Waals surface area contributed by atoms with E-state index in [1.165, 1.54) is 0 Å². The van der Waals surface area contributed by atoms with E-state index in [4.69, 9.17) is 15.9 Å². The number of anilines is 1. The summed E-state index contributed by atoms with van der Waals surface area (Å²) < 4.78 is 0. The van der Waals surface area contributed by atoms with Crippen LogP contribution in [-0.2, 0) is 0 Å². The molecule has 1 aromatic heterocycles. The molecule has 4 N–H and O–H groups in total. The van der Waals surface area contributed by atoms with Crippen molar-refractivity contribution in [2.45, 2.75) is 0 Å². The van der Waals surface area contributed by atoms with Crippen LogP contribution in [0.25, 0.3) is 0 Å². The number of pyridine rings is 1. The maximum atomic E-state index is 10.6. The summed E-state index contributed by atoms with van der Waals surface area (Å²) in [4.78, 5) is 33.9. The average Bonchev–Trinajstić information content (AvgIpc) is 2.15. The van der Waals surface area contributed by atoms with Crippen molar-refractivity contribution in [3.8, 4) is 0 Å². The zero-order valence-corrected chi connectivity index (χ0v) is 7.58. The molecule has 9 heteroatoms. The van der Waals surface area contributed by atoms with Crippen LogP contribution in [0.3, 0.4) is 0 Å². The van der Waals surface area contributed by atoms with Gasteiger partial charge in [-0.25, -0.2) is 14.6 Å². The Balaban J connectivity index is 3.55. The first-order valence-corrected chi connectivity index (χ1v) is 3.76. The van der Waals surface area contributed by atoms with Gasteiger partial charge in [0.2, 0.25) is 5.82 Å². The van der Waals surface area contributed by atoms with E-state index >= 15 is 0 Å². The van der Waals surface area contributed by atoms with Crippen LogP contribution in [0.4, 0.5) is 11.5 Å². The van der Waals surface area contributed by atoms with Crippen molar-refractivity contribution in [3.63, 3.8) is 0 Å². The molecule has 0 aliphatic rings. The number of aromatic carboxylic acids is 2. The highest BCUT2D eigenvalue weighted by atomic mass is 16.6. The summed E-state index contributed by atoms with van der Waals surface area (Å²) in [5.41, 5.74) is 2.75. The van der Waals surface area contributed by atoms with Crippen LogP contribution < -0.4 is 5.73 Å². The number of aromatic nitrogens is 1. The van der Waals surface area contributed by atoms with E-state index in [0.29, 0.717) is 6.07 Å². The van der Waals surface area contributed by atoms with E-state index in [9.17, 15) is 19.7 Å². The van der Waals surface area contributed by atoms with Gasteiger partial charge in [-0.15, -0.1) is 0 Å². The largest absolute Gasteiger partial charge is 0.478 e. The van der Waals surface area contributed by atoms with Crippen LogP contribution in [0.1, 0.15) is 20.8 Å². The van der Waals surface area contributed by atoms with Gasteiger partial charge in [0.1, 0.15) is 0 Å². The maximum absolute atomic E-state index is 10.6. The predicted octanol–water partition coefficient (Wildman–Crippen LogP) is -0.0316. The monoisotopic (exact) mass is 227 g/mol. The minimum atomic E-state index is -1.63. The number of rotatable bonds is 3. The Kier molecular flexibility index (Phi) is 2.70. The fraction of sp³-hybridized carbons (Fsp3) is 0. The molecule has 0 radical (unpaired) electrons. The number of hydrogen-bond acceptors (Lipinski definition) is 6. The van der Waals surface area contributed by atoms with Gasteiger partial charge in [-0.1, -0.05) is 0 Å². The van der Waals surface area contributed by atoms with Crippen LogP contribution in [-0.4, -0.2) is 32.1 Å². The van der Waals surface area contributed by atoms with Crippen LogP contribution in [0.5, 0.6) is 0 Å². The first-order chi connectivity index (χ1) is 7.34. The standard InChI is InChI=1S/C7H5N3O6/c8-5-3(10(15)16)1-2(6(11)12)4(9-5)7(13)14/h1H,(H2,8,9)(H,11,12)(H,13,14). The van der Waals surface area contributed by atoms with E-state index < -0.39 is 39.6 Å². The molecule has 0 aliphatic heterocycles. The van der Waals surface area contributed by atoms with E-state index in [0.717, 1.165) is 0 Å². The van der Waals surface area contributed by atoms with Gasteiger partial charge in [-0.3, -0.25) is 10.1 Å². The number of nitrogens with zero attached hydrogens (tertiary/aromatic N) is 2. The SMILES string of the molecule is Nc1nc(C(=O)O)c(C(=O)O)cc1[N+](=O)[O-]. The number of nitrogen functional groups attached to an aromatic ring is 1. The van der Waals surface area contributed by atoms with Crippen LogP contribution in [0.2, 0.25) is 0 Å². The zero-order valence-electron chi connectivity index (χ0n) is 7.58. The van der Waals surface area contributed by atoms with Gasteiger partial charge in [-0.05, 0) is 0 Å². The lowest BCUT2D eigenvalue weighted by Crippen LogP contribution is -2.13. The fourth-order valence-corrected chi connectivity index (χ4v) is 0.989. The Hall–Kier alpha value is -2.71. The average molecular weight is 227 g/mol. The Labute approximate surface area is 87.3 Å². The van der Waals surface area contributed by atoms with Gasteiger partial charge < -0.3 is 15.9 Å². The highest BCUT2D eigenvalue weighted by molar-refractivity contribution is 6.01. The summed E-state index contributed by atoms with van der Waals surface area (Å²) >= 11 is 0. The summed E-state index contributed by atoms with van der Waals surface area (Å²) in [5, 5.41) is 27.7. The number of nitro groups is 1. The Bertz CT molecular complexity index is 497. The number of hydrogen-bond donors (Lipinski definition) is 3. The molecule has 1 rings (SSSR count). The topological polar surface area (TPSA) is 157 Å². The highest BCUT2D eigenvalue weighted by Crippen LogP contribution is 2.22. The molecule has 0 atom stereocenters. The quantitative estimate of drug-likeness (QED) is 0.479. The summed E-state index contributed by atoms with van der Waals surface area (Å²) in [7, 11) is 0. The van der Waals surface area contributed by atoms with Crippen molar-refractivity contribution in [2.24, 2.45) is 0 Å². The molecule has 0 unspecified atom stereocenters. The maximum Gasteiger partial charge on any atom is 0.355 e. The molecular formula is C7H5N3O6. The van der Waals surface area contributed by atoms with E-state index in [1.54, 1.807) is 0 Å². The molecule has 0 bridgehead atoms. The van der Waals surface area contributed by atoms with Crippen LogP contribution in [0, 0.1) is 10.1 Å². The third kappa shape index (κ3) is 1.87. The van der Waals surface area contributed by atoms with Gasteiger partial charge in [0.15, 0.2) is 5.69 Å². The van der Waals surface area contributed by atoms with E-state index in [2.05, 4.69) is 4.98 Å². The zero-order chi connectivity index (χ0) is 12.5. The van der Waals surface area contributed by atoms with Crippen molar-refractivity contribution in [3.05, 3.63) is 27.4 Å². The number of nitrogens with two attached hydrogens (primary N) is 1. The molecule has 0 fully saturated rings. The molecule has 16 heavy (non-hydrogen) atoms.